The number of hydrogen-bond donors (Lipinski definition) is 3. The van der Waals surface area contributed by atoms with Gasteiger partial charge >= 0.3 is 0 Å². The third-order valence-electron chi connectivity index (χ3n) is 4.38. The fourth-order valence-electron chi connectivity index (χ4n) is 3.22. The number of aromatic amines is 1. The summed E-state index contributed by atoms with van der Waals surface area (Å²) >= 11 is 6.24. The number of H-pyrrole nitrogens is 1. The smallest absolute Gasteiger partial charge is 0.280 e. The third-order valence-corrected chi connectivity index (χ3v) is 4.68. The summed E-state index contributed by atoms with van der Waals surface area (Å²) in [5.41, 5.74) is 10.0. The summed E-state index contributed by atoms with van der Waals surface area (Å²) in [5.74, 6) is 0.275. The van der Waals surface area contributed by atoms with E-state index in [1.165, 1.54) is 7.11 Å². The second-order valence-corrected chi connectivity index (χ2v) is 6.71. The number of para-hydroxylation sites is 1. The van der Waals surface area contributed by atoms with E-state index in [0.717, 1.165) is 11.4 Å². The maximum atomic E-state index is 12.7. The van der Waals surface area contributed by atoms with Gasteiger partial charge in [-0.15, -0.1) is 0 Å². The molecule has 0 fully saturated rings. The summed E-state index contributed by atoms with van der Waals surface area (Å²) in [5, 5.41) is 3.72. The van der Waals surface area contributed by atoms with Crippen molar-refractivity contribution in [1.29, 1.82) is 0 Å². The molecule has 4 N–H and O–H groups in total. The number of nitrogens with two attached hydrogens (primary N) is 1. The molecule has 3 aromatic rings. The van der Waals surface area contributed by atoms with Crippen LogP contribution >= 0.6 is 11.6 Å². The molecule has 8 nitrogen and oxygen atoms in total. The van der Waals surface area contributed by atoms with E-state index >= 15 is 0 Å². The van der Waals surface area contributed by atoms with Crippen LogP contribution in [0, 0.1) is 0 Å². The zero-order chi connectivity index (χ0) is 19.8. The number of anilines is 3. The molecule has 0 radical (unpaired) electrons. The van der Waals surface area contributed by atoms with Crippen LogP contribution in [-0.2, 0) is 6.42 Å². The minimum absolute atomic E-state index is 0.134. The van der Waals surface area contributed by atoms with Crippen molar-refractivity contribution in [2.24, 2.45) is 4.99 Å². The number of nitrogens with one attached hydrogen (secondary N) is 2. The number of methoxy groups -OCH3 is 1. The number of ether oxygens (including phenoxy) is 1. The van der Waals surface area contributed by atoms with Crippen LogP contribution in [0.25, 0.3) is 11.4 Å². The maximum absolute atomic E-state index is 12.7. The largest absolute Gasteiger partial charge is 0.493 e. The van der Waals surface area contributed by atoms with Crippen LogP contribution in [0.5, 0.6) is 5.75 Å². The van der Waals surface area contributed by atoms with Gasteiger partial charge in [-0.25, -0.2) is 15.0 Å². The topological polar surface area (TPSA) is 118 Å². The Kier molecular flexibility index (Phi) is 4.48. The number of benzene rings is 1. The molecular formula is C19H17ClN6O2. The highest BCUT2D eigenvalue weighted by Gasteiger charge is 2.28. The highest BCUT2D eigenvalue weighted by molar-refractivity contribution is 6.32. The molecule has 0 atom stereocenters. The predicted octanol–water partition coefficient (Wildman–Crippen LogP) is 3.62. The Balaban J connectivity index is 1.91. The molecule has 3 heterocycles. The zero-order valence-corrected chi connectivity index (χ0v) is 16.0. The van der Waals surface area contributed by atoms with Gasteiger partial charge in [-0.1, -0.05) is 17.7 Å². The van der Waals surface area contributed by atoms with Gasteiger partial charge in [-0.3, -0.25) is 4.79 Å². The SMILES string of the molecule is COc1c(Cl)cccc1Nc1c(-c2ccnc(N)n2)[nH]c2c1C(=O)N=C(C)C2. The van der Waals surface area contributed by atoms with Crippen LogP contribution < -0.4 is 15.8 Å². The Labute approximate surface area is 165 Å². The van der Waals surface area contributed by atoms with Gasteiger partial charge in [-0.2, -0.15) is 0 Å². The summed E-state index contributed by atoms with van der Waals surface area (Å²) in [6.07, 6.45) is 2.09. The number of carbonyl (C=O) groups excluding carboxylic acids is 1. The van der Waals surface area contributed by atoms with Gasteiger partial charge in [0.1, 0.15) is 0 Å². The molecule has 28 heavy (non-hydrogen) atoms. The van der Waals surface area contributed by atoms with E-state index < -0.39 is 0 Å². The van der Waals surface area contributed by atoms with Crippen molar-refractivity contribution in [3.8, 4) is 17.1 Å². The highest BCUT2D eigenvalue weighted by atomic mass is 35.5. The number of rotatable bonds is 4. The first kappa shape index (κ1) is 18.0. The van der Waals surface area contributed by atoms with Crippen LogP contribution in [0.15, 0.2) is 35.5 Å². The van der Waals surface area contributed by atoms with Crippen molar-refractivity contribution in [1.82, 2.24) is 15.0 Å². The number of halogens is 1. The van der Waals surface area contributed by atoms with Crippen LogP contribution in [-0.4, -0.2) is 33.7 Å². The first-order chi connectivity index (χ1) is 13.5. The fraction of sp³-hybridized carbons (Fsp3) is 0.158. The molecule has 1 aromatic carbocycles. The van der Waals surface area contributed by atoms with Gasteiger partial charge < -0.3 is 20.8 Å². The molecule has 9 heteroatoms. The summed E-state index contributed by atoms with van der Waals surface area (Å²) in [6.45, 7) is 1.82. The van der Waals surface area contributed by atoms with Crippen LogP contribution in [0.1, 0.15) is 23.0 Å². The number of nitrogen functional groups attached to an aromatic ring is 1. The summed E-state index contributed by atoms with van der Waals surface area (Å²) in [6, 6.07) is 7.04. The Morgan fingerprint density at radius 2 is 2.14 bits per heavy atom. The van der Waals surface area contributed by atoms with Crippen molar-refractivity contribution in [3.63, 3.8) is 0 Å². The highest BCUT2D eigenvalue weighted by Crippen LogP contribution is 2.40. The second kappa shape index (κ2) is 6.97. The molecule has 1 aliphatic rings. The summed E-state index contributed by atoms with van der Waals surface area (Å²) in [7, 11) is 1.53. The zero-order valence-electron chi connectivity index (χ0n) is 15.2. The minimum atomic E-state index is -0.327. The van der Waals surface area contributed by atoms with Crippen molar-refractivity contribution >= 4 is 40.5 Å². The lowest BCUT2D eigenvalue weighted by atomic mass is 10.0. The first-order valence-electron chi connectivity index (χ1n) is 8.49. The molecule has 0 saturated heterocycles. The average Bonchev–Trinajstić information content (AvgIpc) is 3.00. The molecule has 1 amide bonds. The molecule has 0 saturated carbocycles. The van der Waals surface area contributed by atoms with Crippen molar-refractivity contribution in [2.75, 3.05) is 18.2 Å². The quantitative estimate of drug-likeness (QED) is 0.619. The average molecular weight is 397 g/mol. The molecule has 0 bridgehead atoms. The number of fused-ring (bicyclic) bond motifs is 1. The molecule has 0 aliphatic carbocycles. The van der Waals surface area contributed by atoms with Crippen molar-refractivity contribution < 1.29 is 9.53 Å². The first-order valence-corrected chi connectivity index (χ1v) is 8.87. The van der Waals surface area contributed by atoms with E-state index in [1.54, 1.807) is 24.4 Å². The number of hydrogen-bond acceptors (Lipinski definition) is 6. The monoisotopic (exact) mass is 396 g/mol. The van der Waals surface area contributed by atoms with Gasteiger partial charge in [-0.05, 0) is 25.1 Å². The Hall–Kier alpha value is -3.39. The number of amides is 1. The molecule has 1 aliphatic heterocycles. The fourth-order valence-corrected chi connectivity index (χ4v) is 3.48. The minimum Gasteiger partial charge on any atom is -0.493 e. The summed E-state index contributed by atoms with van der Waals surface area (Å²) in [4.78, 5) is 28.3. The lowest BCUT2D eigenvalue weighted by Gasteiger charge is -2.15. The molecule has 4 rings (SSSR count). The van der Waals surface area contributed by atoms with Crippen LogP contribution in [0.3, 0.4) is 0 Å². The van der Waals surface area contributed by atoms with E-state index in [-0.39, 0.29) is 11.9 Å². The van der Waals surface area contributed by atoms with Crippen LogP contribution in [0.4, 0.5) is 17.3 Å². The third kappa shape index (κ3) is 3.07. The lowest BCUT2D eigenvalue weighted by molar-refractivity contribution is 0.100. The maximum Gasteiger partial charge on any atom is 0.280 e. The summed E-state index contributed by atoms with van der Waals surface area (Å²) < 4.78 is 5.41. The molecule has 0 spiro atoms. The molecular weight excluding hydrogens is 380 g/mol. The number of nitrogens with zero attached hydrogens (tertiary/aromatic N) is 3. The molecule has 0 unspecified atom stereocenters. The Bertz CT molecular complexity index is 1120. The van der Waals surface area contributed by atoms with Gasteiger partial charge in [0.15, 0.2) is 5.75 Å². The van der Waals surface area contributed by atoms with E-state index in [9.17, 15) is 4.79 Å². The second-order valence-electron chi connectivity index (χ2n) is 6.30. The standard InChI is InChI=1S/C19H17ClN6O2/c1-9-8-13-14(18(27)23-9)16(15(25-13)11-6-7-22-19(21)26-11)24-12-5-3-4-10(20)17(12)28-2/h3-7,24-25H,8H2,1-2H3,(H2,21,22,26). The Morgan fingerprint density at radius 1 is 1.32 bits per heavy atom. The van der Waals surface area contributed by atoms with Gasteiger partial charge in [0.05, 0.1) is 40.5 Å². The molecule has 142 valence electrons. The van der Waals surface area contributed by atoms with E-state index in [4.69, 9.17) is 22.1 Å². The van der Waals surface area contributed by atoms with E-state index in [0.29, 0.717) is 45.5 Å². The normalized spacial score (nSPS) is 13.1. The molecule has 2 aromatic heterocycles. The Morgan fingerprint density at radius 3 is 2.89 bits per heavy atom. The van der Waals surface area contributed by atoms with Gasteiger partial charge in [0.2, 0.25) is 5.95 Å². The number of aliphatic imine (C=N–C) groups is 1. The number of aromatic nitrogens is 3. The van der Waals surface area contributed by atoms with E-state index in [1.807, 2.05) is 13.0 Å². The van der Waals surface area contributed by atoms with Gasteiger partial charge in [0.25, 0.3) is 5.91 Å². The van der Waals surface area contributed by atoms with Crippen molar-refractivity contribution in [3.05, 3.63) is 46.7 Å². The number of carbonyl (C=O) groups is 1. The van der Waals surface area contributed by atoms with E-state index in [2.05, 4.69) is 25.3 Å². The van der Waals surface area contributed by atoms with Crippen LogP contribution in [0.2, 0.25) is 5.02 Å². The predicted molar refractivity (Wildman–Crippen MR) is 109 cm³/mol. The lowest BCUT2D eigenvalue weighted by Crippen LogP contribution is -2.14. The van der Waals surface area contributed by atoms with Gasteiger partial charge in [0, 0.05) is 24.0 Å². The van der Waals surface area contributed by atoms with Crippen molar-refractivity contribution in [2.45, 2.75) is 13.3 Å².